The highest BCUT2D eigenvalue weighted by atomic mass is 16.1. The molecule has 0 unspecified atom stereocenters. The highest BCUT2D eigenvalue weighted by Crippen LogP contribution is 2.27. The zero-order valence-corrected chi connectivity index (χ0v) is 15.8. The number of benzene rings is 1. The number of ketones is 1. The summed E-state index contributed by atoms with van der Waals surface area (Å²) in [7, 11) is 0. The van der Waals surface area contributed by atoms with Crippen molar-refractivity contribution in [2.45, 2.75) is 45.2 Å². The molecular weight excluding hydrogens is 338 g/mol. The standard InChI is InChI=1S/C21H25N5O/c1-3-23-14-18(22-2)21(27)15-7-8-19-17(13-15)24-20-9-10-25(11-12-26(19)20)16-5-4-6-16/h3,7-8,13-14,16H,2,4-6,9-12H2,1H3/b18-14-,23-3?. The predicted octanol–water partition coefficient (Wildman–Crippen LogP) is 3.26. The summed E-state index contributed by atoms with van der Waals surface area (Å²) >= 11 is 0. The summed E-state index contributed by atoms with van der Waals surface area (Å²) in [6.45, 7) is 8.38. The molecule has 0 spiro atoms. The number of carbonyl (C=O) groups excluding carboxylic acids is 1. The van der Waals surface area contributed by atoms with Crippen LogP contribution in [0, 0.1) is 0 Å². The van der Waals surface area contributed by atoms with Gasteiger partial charge in [-0.1, -0.05) is 6.42 Å². The van der Waals surface area contributed by atoms with Gasteiger partial charge in [0, 0.05) is 43.9 Å². The van der Waals surface area contributed by atoms with Crippen LogP contribution in [0.15, 0.2) is 40.1 Å². The van der Waals surface area contributed by atoms with Crippen molar-refractivity contribution in [2.75, 3.05) is 13.1 Å². The quantitative estimate of drug-likeness (QED) is 0.465. The molecule has 2 aliphatic rings. The third-order valence-corrected chi connectivity index (χ3v) is 5.66. The molecule has 2 heterocycles. The van der Waals surface area contributed by atoms with Crippen molar-refractivity contribution in [2.24, 2.45) is 9.98 Å². The first kappa shape index (κ1) is 17.8. The number of hydrogen-bond acceptors (Lipinski definition) is 5. The summed E-state index contributed by atoms with van der Waals surface area (Å²) in [5, 5.41) is 0. The highest BCUT2D eigenvalue weighted by molar-refractivity contribution is 6.10. The fourth-order valence-corrected chi connectivity index (χ4v) is 3.93. The van der Waals surface area contributed by atoms with Crippen molar-refractivity contribution >= 4 is 29.7 Å². The average Bonchev–Trinajstić information content (AvgIpc) is 2.87. The summed E-state index contributed by atoms with van der Waals surface area (Å²) < 4.78 is 2.31. The van der Waals surface area contributed by atoms with Crippen LogP contribution in [0.3, 0.4) is 0 Å². The molecule has 2 aromatic rings. The number of nitrogens with zero attached hydrogens (tertiary/aromatic N) is 5. The second-order valence-electron chi connectivity index (χ2n) is 7.16. The van der Waals surface area contributed by atoms with Crippen molar-refractivity contribution < 1.29 is 4.79 Å². The maximum absolute atomic E-state index is 12.7. The van der Waals surface area contributed by atoms with Crippen LogP contribution in [-0.2, 0) is 13.0 Å². The van der Waals surface area contributed by atoms with Crippen molar-refractivity contribution in [3.8, 4) is 0 Å². The average molecular weight is 363 g/mol. The highest BCUT2D eigenvalue weighted by Gasteiger charge is 2.27. The van der Waals surface area contributed by atoms with Gasteiger partial charge in [-0.2, -0.15) is 0 Å². The van der Waals surface area contributed by atoms with Crippen LogP contribution in [0.1, 0.15) is 42.4 Å². The van der Waals surface area contributed by atoms with Crippen molar-refractivity contribution in [1.29, 1.82) is 0 Å². The Labute approximate surface area is 159 Å². The number of imidazole rings is 1. The van der Waals surface area contributed by atoms with E-state index >= 15 is 0 Å². The predicted molar refractivity (Wildman–Crippen MR) is 109 cm³/mol. The van der Waals surface area contributed by atoms with E-state index in [4.69, 9.17) is 4.98 Å². The molecule has 0 amide bonds. The van der Waals surface area contributed by atoms with Gasteiger partial charge in [0.15, 0.2) is 0 Å². The number of fused-ring (bicyclic) bond motifs is 3. The van der Waals surface area contributed by atoms with E-state index in [2.05, 4.69) is 26.2 Å². The third-order valence-electron chi connectivity index (χ3n) is 5.66. The van der Waals surface area contributed by atoms with Gasteiger partial charge in [0.05, 0.1) is 17.2 Å². The molecule has 6 nitrogen and oxygen atoms in total. The first-order valence-electron chi connectivity index (χ1n) is 9.64. The fourth-order valence-electron chi connectivity index (χ4n) is 3.93. The van der Waals surface area contributed by atoms with Gasteiger partial charge in [-0.15, -0.1) is 0 Å². The first-order chi connectivity index (χ1) is 13.2. The Hall–Kier alpha value is -2.60. The first-order valence-corrected chi connectivity index (χ1v) is 9.64. The molecule has 0 bridgehead atoms. The van der Waals surface area contributed by atoms with Gasteiger partial charge in [-0.05, 0) is 44.7 Å². The Balaban J connectivity index is 1.60. The van der Waals surface area contributed by atoms with E-state index in [0.29, 0.717) is 5.56 Å². The largest absolute Gasteiger partial charge is 0.327 e. The van der Waals surface area contributed by atoms with Crippen LogP contribution in [0.5, 0.6) is 0 Å². The minimum Gasteiger partial charge on any atom is -0.327 e. The van der Waals surface area contributed by atoms with E-state index in [1.165, 1.54) is 25.5 Å². The topological polar surface area (TPSA) is 62.9 Å². The number of hydrogen-bond donors (Lipinski definition) is 0. The smallest absolute Gasteiger partial charge is 0.212 e. The Morgan fingerprint density at radius 1 is 1.30 bits per heavy atom. The summed E-state index contributed by atoms with van der Waals surface area (Å²) in [5.41, 5.74) is 2.78. The van der Waals surface area contributed by atoms with E-state index in [-0.39, 0.29) is 11.5 Å². The van der Waals surface area contributed by atoms with Crippen molar-refractivity contribution in [3.05, 3.63) is 41.5 Å². The second-order valence-corrected chi connectivity index (χ2v) is 7.16. The molecular formula is C21H25N5O. The Bertz CT molecular complexity index is 935. The van der Waals surface area contributed by atoms with Crippen LogP contribution in [0.25, 0.3) is 11.0 Å². The van der Waals surface area contributed by atoms with Gasteiger partial charge in [0.2, 0.25) is 5.78 Å². The van der Waals surface area contributed by atoms with Gasteiger partial charge in [0.25, 0.3) is 0 Å². The summed E-state index contributed by atoms with van der Waals surface area (Å²) in [5.74, 6) is 0.932. The number of allylic oxidation sites excluding steroid dienone is 1. The lowest BCUT2D eigenvalue weighted by Gasteiger charge is -2.36. The maximum Gasteiger partial charge on any atom is 0.212 e. The van der Waals surface area contributed by atoms with Crippen LogP contribution in [0.2, 0.25) is 0 Å². The van der Waals surface area contributed by atoms with E-state index in [0.717, 1.165) is 49.0 Å². The Kier molecular flexibility index (Phi) is 4.99. The molecule has 0 atom stereocenters. The molecule has 1 fully saturated rings. The molecule has 1 aromatic heterocycles. The van der Waals surface area contributed by atoms with Crippen LogP contribution in [-0.4, -0.2) is 52.3 Å². The summed E-state index contributed by atoms with van der Waals surface area (Å²) in [6.07, 6.45) is 8.05. The molecule has 0 N–H and O–H groups in total. The molecule has 140 valence electrons. The molecule has 1 aliphatic carbocycles. The zero-order chi connectivity index (χ0) is 18.8. The lowest BCUT2D eigenvalue weighted by molar-refractivity contribution is 0.103. The lowest BCUT2D eigenvalue weighted by Crippen LogP contribution is -2.41. The van der Waals surface area contributed by atoms with Crippen LogP contribution in [0.4, 0.5) is 0 Å². The third kappa shape index (κ3) is 3.37. The number of aliphatic imine (C=N–C) groups is 2. The minimum absolute atomic E-state index is 0.183. The number of carbonyl (C=O) groups is 1. The monoisotopic (exact) mass is 363 g/mol. The Morgan fingerprint density at radius 2 is 2.15 bits per heavy atom. The Morgan fingerprint density at radius 3 is 2.85 bits per heavy atom. The number of aromatic nitrogens is 2. The molecule has 6 heteroatoms. The van der Waals surface area contributed by atoms with Gasteiger partial charge in [-0.25, -0.2) is 4.98 Å². The van der Waals surface area contributed by atoms with E-state index < -0.39 is 0 Å². The minimum atomic E-state index is -0.183. The number of rotatable bonds is 5. The lowest BCUT2D eigenvalue weighted by atomic mass is 9.91. The molecule has 27 heavy (non-hydrogen) atoms. The second kappa shape index (κ2) is 7.56. The van der Waals surface area contributed by atoms with E-state index in [1.807, 2.05) is 18.2 Å². The van der Waals surface area contributed by atoms with Gasteiger partial charge in [0.1, 0.15) is 11.5 Å². The summed E-state index contributed by atoms with van der Waals surface area (Å²) in [4.78, 5) is 27.9. The number of Topliss-reactive ketones (excluding diaryl/α,β-unsaturated/α-hetero) is 1. The zero-order valence-electron chi connectivity index (χ0n) is 15.8. The molecule has 4 rings (SSSR count). The van der Waals surface area contributed by atoms with Crippen LogP contribution < -0.4 is 0 Å². The van der Waals surface area contributed by atoms with Gasteiger partial charge in [-0.3, -0.25) is 19.7 Å². The van der Waals surface area contributed by atoms with E-state index in [1.54, 1.807) is 13.1 Å². The molecule has 0 saturated heterocycles. The molecule has 1 aromatic carbocycles. The molecule has 1 saturated carbocycles. The van der Waals surface area contributed by atoms with Gasteiger partial charge < -0.3 is 4.57 Å². The van der Waals surface area contributed by atoms with Gasteiger partial charge >= 0.3 is 0 Å². The van der Waals surface area contributed by atoms with E-state index in [9.17, 15) is 4.79 Å². The SMILES string of the molecule is C=N/C(=C\N=CC)C(=O)c1ccc2c(c1)nc1n2CCN(C2CCC2)CC1. The fraction of sp³-hybridized carbons (Fsp3) is 0.429. The molecule has 0 radical (unpaired) electrons. The van der Waals surface area contributed by atoms with Crippen molar-refractivity contribution in [1.82, 2.24) is 14.5 Å². The maximum atomic E-state index is 12.7. The van der Waals surface area contributed by atoms with Crippen LogP contribution >= 0.6 is 0 Å². The normalized spacial score (nSPS) is 19.1. The molecule has 1 aliphatic heterocycles. The summed E-state index contributed by atoms with van der Waals surface area (Å²) in [6, 6.07) is 6.48. The van der Waals surface area contributed by atoms with Crippen molar-refractivity contribution in [3.63, 3.8) is 0 Å².